The van der Waals surface area contributed by atoms with Crippen molar-refractivity contribution in [2.45, 2.75) is 20.4 Å². The summed E-state index contributed by atoms with van der Waals surface area (Å²) in [6, 6.07) is 101. The van der Waals surface area contributed by atoms with Crippen LogP contribution >= 0.6 is 0 Å². The topological polar surface area (TPSA) is 11.6 Å². The van der Waals surface area contributed by atoms with Gasteiger partial charge in [0, 0.05) is 73.2 Å². The van der Waals surface area contributed by atoms with Crippen LogP contribution in [0.3, 0.4) is 0 Å². The molecule has 0 fully saturated rings. The molecule has 84 heavy (non-hydrogen) atoms. The zero-order valence-electron chi connectivity index (χ0n) is 47.6. The van der Waals surface area contributed by atoms with E-state index < -0.39 is 0 Å². The number of hydrogen-bond acceptors (Lipinski definition) is 0. The predicted molar refractivity (Wildman–Crippen MR) is 343 cm³/mol. The maximum atomic E-state index is 2.47. The van der Waals surface area contributed by atoms with Gasteiger partial charge >= 0.3 is 0 Å². The molecule has 13 aromatic rings. The minimum atomic E-state index is 0. The van der Waals surface area contributed by atoms with Gasteiger partial charge in [0.1, 0.15) is 14.1 Å². The smallest absolute Gasteiger partial charge is 0.201 e. The van der Waals surface area contributed by atoms with Crippen molar-refractivity contribution in [2.75, 3.05) is 0 Å². The molecule has 0 bridgehead atoms. The summed E-state index contributed by atoms with van der Waals surface area (Å²) < 4.78 is 6.83. The summed E-state index contributed by atoms with van der Waals surface area (Å²) in [5.74, 6) is 0. The van der Waals surface area contributed by atoms with Gasteiger partial charge in [0.15, 0.2) is 25.1 Å². The van der Waals surface area contributed by atoms with Crippen LogP contribution < -0.4 is 13.7 Å². The molecule has 4 heteroatoms. The Kier molecular flexibility index (Phi) is 14.6. The van der Waals surface area contributed by atoms with E-state index in [9.17, 15) is 0 Å². The van der Waals surface area contributed by atoms with Crippen molar-refractivity contribution in [2.24, 2.45) is 14.1 Å². The Hall–Kier alpha value is -9.70. The van der Waals surface area contributed by atoms with Gasteiger partial charge in [-0.25, -0.2) is 9.13 Å². The Balaban J connectivity index is 0.00000658. The van der Waals surface area contributed by atoms with E-state index in [1.165, 1.54) is 134 Å². The number of benzene rings is 10. The van der Waals surface area contributed by atoms with Gasteiger partial charge in [-0.3, -0.25) is 0 Å². The van der Waals surface area contributed by atoms with E-state index in [0.29, 0.717) is 0 Å². The van der Waals surface area contributed by atoms with Crippen LogP contribution in [0.2, 0.25) is 0 Å². The van der Waals surface area contributed by atoms with Gasteiger partial charge in [0.2, 0.25) is 17.1 Å². The molecule has 10 aromatic carbocycles. The van der Waals surface area contributed by atoms with Gasteiger partial charge in [0.05, 0.1) is 5.56 Å². The van der Waals surface area contributed by atoms with Gasteiger partial charge in [-0.2, -0.15) is 4.57 Å². The van der Waals surface area contributed by atoms with Crippen molar-refractivity contribution in [3.8, 4) is 134 Å². The molecule has 3 aromatic heterocycles. The first kappa shape index (κ1) is 53.6. The van der Waals surface area contributed by atoms with Crippen molar-refractivity contribution in [3.05, 3.63) is 308 Å². The minimum Gasteiger partial charge on any atom is -0.201 e. The third-order valence-corrected chi connectivity index (χ3v) is 17.0. The van der Waals surface area contributed by atoms with E-state index in [-0.39, 0.29) is 20.1 Å². The normalized spacial score (nSPS) is 11.4. The van der Waals surface area contributed by atoms with E-state index in [1.807, 2.05) is 0 Å². The number of pyridine rings is 3. The first-order valence-corrected chi connectivity index (χ1v) is 28.8. The van der Waals surface area contributed by atoms with Crippen LogP contribution in [-0.2, 0) is 40.7 Å². The van der Waals surface area contributed by atoms with Gasteiger partial charge in [-0.1, -0.05) is 176 Å². The molecule has 3 nitrogen and oxygen atoms in total. The third kappa shape index (κ3) is 10.0. The second-order valence-electron chi connectivity index (χ2n) is 22.2. The number of aromatic nitrogens is 3. The van der Waals surface area contributed by atoms with Crippen LogP contribution in [-0.4, -0.2) is 0 Å². The molecule has 1 aliphatic heterocycles. The molecule has 0 unspecified atom stereocenters. The molecular weight excluding hydrogens is 1200 g/mol. The zero-order chi connectivity index (χ0) is 56.0. The first-order chi connectivity index (χ1) is 40.8. The van der Waals surface area contributed by atoms with E-state index in [0.717, 1.165) is 23.2 Å². The molecule has 0 aliphatic carbocycles. The molecule has 14 rings (SSSR count). The summed E-state index contributed by atoms with van der Waals surface area (Å²) in [5, 5.41) is 0. The van der Waals surface area contributed by atoms with E-state index in [2.05, 4.69) is 333 Å². The SMILES string of the molecule is Cc1cc(-c2ccccc2-c2cc(-c3ccccc3-c3cc(C)c(-c4cccc[n+]4C)cc3-c3ccccc3)cc(-c3ccccc3-c3cc4c(cc3-c3ccccc3)-c3cccc[n+]3C4)c2)ccc1-c1cc(-c2ccccc2)cc[n+]1C.[Ir]. The average Bonchev–Trinajstić information content (AvgIpc) is 2.34. The monoisotopic (exact) mass is 1260 g/mol. The van der Waals surface area contributed by atoms with Crippen LogP contribution in [0.1, 0.15) is 16.7 Å². The van der Waals surface area contributed by atoms with Gasteiger partial charge in [-0.05, 0) is 186 Å². The fourth-order valence-electron chi connectivity index (χ4n) is 12.8. The number of fused-ring (bicyclic) bond motifs is 3. The van der Waals surface area contributed by atoms with Crippen molar-refractivity contribution >= 4 is 0 Å². The molecule has 0 saturated heterocycles. The zero-order valence-corrected chi connectivity index (χ0v) is 50.0. The first-order valence-electron chi connectivity index (χ1n) is 28.8. The molecule has 1 radical (unpaired) electrons. The third-order valence-electron chi connectivity index (χ3n) is 17.0. The van der Waals surface area contributed by atoms with Gasteiger partial charge in [0.25, 0.3) is 0 Å². The van der Waals surface area contributed by atoms with Crippen molar-refractivity contribution in [1.82, 2.24) is 0 Å². The molecule has 403 valence electrons. The molecule has 0 atom stereocenters. The molecule has 0 N–H and O–H groups in total. The quantitative estimate of drug-likeness (QED) is 0.114. The maximum Gasteiger partial charge on any atom is 0.213 e. The van der Waals surface area contributed by atoms with E-state index >= 15 is 0 Å². The summed E-state index contributed by atoms with van der Waals surface area (Å²) in [4.78, 5) is 0. The molecule has 0 saturated carbocycles. The standard InChI is InChI=1S/C80H62N3.Ir/c1-54-44-60(38-39-65(54)80-50-59(40-43-82(80)4)56-24-8-5-9-25-56)66-30-14-15-31-67(66)61-46-62(68-32-16-18-34-70(68)76-45-55(2)72(78-36-20-22-41-81(78)3)51-73(76)57-26-10-6-11-27-57)48-63(47-61)69-33-17-19-35-71(69)77-49-64-53-83-42-23-21-37-79(83)75(64)52-74(77)58-28-12-7-13-29-58;/h5-52H,53H2,1-4H3;/q+3;. The number of nitrogens with zero attached hydrogens (tertiary/aromatic N) is 3. The second kappa shape index (κ2) is 22.9. The Morgan fingerprint density at radius 1 is 0.238 bits per heavy atom. The number of rotatable bonds is 11. The Bertz CT molecular complexity index is 4620. The largest absolute Gasteiger partial charge is 0.213 e. The van der Waals surface area contributed by atoms with Crippen molar-refractivity contribution in [1.29, 1.82) is 0 Å². The molecule has 0 spiro atoms. The fourth-order valence-corrected chi connectivity index (χ4v) is 12.8. The van der Waals surface area contributed by atoms with Crippen LogP contribution in [0.15, 0.2) is 292 Å². The summed E-state index contributed by atoms with van der Waals surface area (Å²) in [6.45, 7) is 5.34. The predicted octanol–water partition coefficient (Wildman–Crippen LogP) is 18.6. The Labute approximate surface area is 507 Å². The number of hydrogen-bond donors (Lipinski definition) is 0. The van der Waals surface area contributed by atoms with E-state index in [1.54, 1.807) is 0 Å². The summed E-state index contributed by atoms with van der Waals surface area (Å²) in [7, 11) is 4.27. The average molecular weight is 1260 g/mol. The summed E-state index contributed by atoms with van der Waals surface area (Å²) >= 11 is 0. The van der Waals surface area contributed by atoms with Crippen LogP contribution in [0.25, 0.3) is 134 Å². The Morgan fingerprint density at radius 3 is 1.26 bits per heavy atom. The molecule has 0 amide bonds. The molecule has 1 aliphatic rings. The molecule has 4 heterocycles. The van der Waals surface area contributed by atoms with E-state index in [4.69, 9.17) is 0 Å². The summed E-state index contributed by atoms with van der Waals surface area (Å²) in [6.07, 6.45) is 6.51. The van der Waals surface area contributed by atoms with Crippen molar-refractivity contribution in [3.63, 3.8) is 0 Å². The maximum absolute atomic E-state index is 2.47. The van der Waals surface area contributed by atoms with Crippen LogP contribution in [0, 0.1) is 13.8 Å². The van der Waals surface area contributed by atoms with Crippen LogP contribution in [0.4, 0.5) is 0 Å². The van der Waals surface area contributed by atoms with Crippen LogP contribution in [0.5, 0.6) is 0 Å². The minimum absolute atomic E-state index is 0. The molecular formula is C80H62IrN3+3. The summed E-state index contributed by atoms with van der Waals surface area (Å²) in [5.41, 5.74) is 32.4. The second-order valence-corrected chi connectivity index (χ2v) is 22.2. The van der Waals surface area contributed by atoms with Gasteiger partial charge < -0.3 is 0 Å². The van der Waals surface area contributed by atoms with Gasteiger partial charge in [-0.15, -0.1) is 0 Å². The van der Waals surface area contributed by atoms with Crippen molar-refractivity contribution < 1.29 is 33.8 Å². The number of aryl methyl sites for hydroxylation is 4. The Morgan fingerprint density at radius 2 is 0.690 bits per heavy atom. The fraction of sp³-hybridized carbons (Fsp3) is 0.0625.